The number of nitrogens with zero attached hydrogens (tertiary/aromatic N) is 2. The Hall–Kier alpha value is -2.08. The molecule has 1 fully saturated rings. The van der Waals surface area contributed by atoms with Crippen LogP contribution in [0.4, 0.5) is 5.69 Å². The van der Waals surface area contributed by atoms with E-state index in [-0.39, 0.29) is 11.8 Å². The molecule has 1 aromatic rings. The van der Waals surface area contributed by atoms with E-state index in [1.807, 2.05) is 19.1 Å². The Bertz CT molecular complexity index is 544. The Labute approximate surface area is 131 Å². The van der Waals surface area contributed by atoms with Crippen molar-refractivity contribution < 1.29 is 14.3 Å². The lowest BCUT2D eigenvalue weighted by Crippen LogP contribution is -2.45. The molecule has 0 radical (unpaired) electrons. The van der Waals surface area contributed by atoms with E-state index in [2.05, 4.69) is 23.3 Å². The molecule has 120 valence electrons. The second-order valence-corrected chi connectivity index (χ2v) is 5.29. The van der Waals surface area contributed by atoms with E-state index in [1.54, 1.807) is 7.11 Å². The van der Waals surface area contributed by atoms with Crippen LogP contribution in [0.15, 0.2) is 18.2 Å². The van der Waals surface area contributed by atoms with Gasteiger partial charge in [-0.3, -0.25) is 9.59 Å². The second kappa shape index (κ2) is 7.26. The van der Waals surface area contributed by atoms with Gasteiger partial charge in [0.15, 0.2) is 0 Å². The molecule has 1 heterocycles. The number of hydrazine groups is 1. The molecule has 0 aliphatic carbocycles. The molecule has 1 N–H and O–H groups in total. The molecular weight excluding hydrogens is 282 g/mol. The predicted molar refractivity (Wildman–Crippen MR) is 84.7 cm³/mol. The first kappa shape index (κ1) is 16.3. The summed E-state index contributed by atoms with van der Waals surface area (Å²) in [6.07, 6.45) is 0.601. The SMILES string of the molecule is CCN(CCNN1C(=O)CCC1=O)c1cc(C)ccc1OC. The van der Waals surface area contributed by atoms with Gasteiger partial charge in [0.25, 0.3) is 0 Å². The molecule has 1 aromatic carbocycles. The van der Waals surface area contributed by atoms with Gasteiger partial charge in [0.1, 0.15) is 5.75 Å². The van der Waals surface area contributed by atoms with E-state index in [1.165, 1.54) is 0 Å². The van der Waals surface area contributed by atoms with E-state index in [0.29, 0.717) is 25.9 Å². The van der Waals surface area contributed by atoms with E-state index in [0.717, 1.165) is 28.6 Å². The Morgan fingerprint density at radius 3 is 2.55 bits per heavy atom. The second-order valence-electron chi connectivity index (χ2n) is 5.29. The van der Waals surface area contributed by atoms with Crippen LogP contribution in [0.2, 0.25) is 0 Å². The van der Waals surface area contributed by atoms with Crippen LogP contribution < -0.4 is 15.1 Å². The fourth-order valence-electron chi connectivity index (χ4n) is 2.55. The van der Waals surface area contributed by atoms with E-state index in [4.69, 9.17) is 4.74 Å². The van der Waals surface area contributed by atoms with Gasteiger partial charge in [-0.25, -0.2) is 10.4 Å². The Morgan fingerprint density at radius 2 is 1.95 bits per heavy atom. The van der Waals surface area contributed by atoms with Crippen LogP contribution in [0.3, 0.4) is 0 Å². The van der Waals surface area contributed by atoms with Gasteiger partial charge in [-0.05, 0) is 31.5 Å². The number of ether oxygens (including phenoxy) is 1. The molecule has 0 atom stereocenters. The molecule has 1 saturated heterocycles. The highest BCUT2D eigenvalue weighted by Gasteiger charge is 2.28. The highest BCUT2D eigenvalue weighted by molar-refractivity contribution is 6.01. The molecule has 0 aromatic heterocycles. The van der Waals surface area contributed by atoms with Crippen molar-refractivity contribution in [1.82, 2.24) is 10.4 Å². The molecule has 0 unspecified atom stereocenters. The number of hydrogen-bond donors (Lipinski definition) is 1. The summed E-state index contributed by atoms with van der Waals surface area (Å²) in [5, 5.41) is 1.14. The smallest absolute Gasteiger partial charge is 0.244 e. The van der Waals surface area contributed by atoms with E-state index >= 15 is 0 Å². The summed E-state index contributed by atoms with van der Waals surface area (Å²) in [6.45, 7) is 6.10. The maximum Gasteiger partial charge on any atom is 0.244 e. The molecular formula is C16H23N3O3. The third-order valence-corrected chi connectivity index (χ3v) is 3.76. The third-order valence-electron chi connectivity index (χ3n) is 3.76. The van der Waals surface area contributed by atoms with Crippen LogP contribution in [0, 0.1) is 6.92 Å². The van der Waals surface area contributed by atoms with Crippen molar-refractivity contribution in [2.45, 2.75) is 26.7 Å². The maximum absolute atomic E-state index is 11.6. The first-order valence-corrected chi connectivity index (χ1v) is 7.55. The number of benzene rings is 1. The number of hydrogen-bond acceptors (Lipinski definition) is 5. The number of rotatable bonds is 7. The Morgan fingerprint density at radius 1 is 1.27 bits per heavy atom. The standard InChI is InChI=1S/C16H23N3O3/c1-4-18(13-11-12(2)5-6-14(13)22-3)10-9-17-19-15(20)7-8-16(19)21/h5-6,11,17H,4,7-10H2,1-3H3. The van der Waals surface area contributed by atoms with Gasteiger partial charge >= 0.3 is 0 Å². The Balaban J connectivity index is 1.99. The fraction of sp³-hybridized carbons (Fsp3) is 0.500. The van der Waals surface area contributed by atoms with Crippen molar-refractivity contribution in [1.29, 1.82) is 0 Å². The van der Waals surface area contributed by atoms with Crippen LogP contribution in [-0.2, 0) is 9.59 Å². The number of methoxy groups -OCH3 is 1. The molecule has 2 amide bonds. The summed E-state index contributed by atoms with van der Waals surface area (Å²) in [5.41, 5.74) is 5.10. The van der Waals surface area contributed by atoms with Gasteiger partial charge in [-0.1, -0.05) is 6.07 Å². The lowest BCUT2D eigenvalue weighted by atomic mass is 10.2. The van der Waals surface area contributed by atoms with Crippen LogP contribution in [0.25, 0.3) is 0 Å². The minimum atomic E-state index is -0.152. The normalized spacial score (nSPS) is 14.6. The number of amides is 2. The lowest BCUT2D eigenvalue weighted by Gasteiger charge is -2.26. The first-order valence-electron chi connectivity index (χ1n) is 7.55. The number of imide groups is 1. The molecule has 0 spiro atoms. The predicted octanol–water partition coefficient (Wildman–Crippen LogP) is 1.48. The number of likely N-dealkylation sites (N-methyl/N-ethyl adjacent to an activating group) is 1. The Kier molecular flexibility index (Phi) is 5.38. The zero-order chi connectivity index (χ0) is 16.1. The minimum absolute atomic E-state index is 0.152. The largest absolute Gasteiger partial charge is 0.495 e. The summed E-state index contributed by atoms with van der Waals surface area (Å²) in [4.78, 5) is 25.3. The van der Waals surface area contributed by atoms with Crippen molar-refractivity contribution in [3.05, 3.63) is 23.8 Å². The first-order chi connectivity index (χ1) is 10.6. The number of carbonyl (C=O) groups is 2. The van der Waals surface area contributed by atoms with E-state index < -0.39 is 0 Å². The molecule has 0 saturated carbocycles. The topological polar surface area (TPSA) is 61.9 Å². The molecule has 6 nitrogen and oxygen atoms in total. The van der Waals surface area contributed by atoms with Crippen LogP contribution in [0.1, 0.15) is 25.3 Å². The molecule has 22 heavy (non-hydrogen) atoms. The summed E-state index contributed by atoms with van der Waals surface area (Å²) >= 11 is 0. The van der Waals surface area contributed by atoms with Crippen molar-refractivity contribution in [3.63, 3.8) is 0 Å². The lowest BCUT2D eigenvalue weighted by molar-refractivity contribution is -0.142. The van der Waals surface area contributed by atoms with Gasteiger partial charge in [0.2, 0.25) is 11.8 Å². The minimum Gasteiger partial charge on any atom is -0.495 e. The zero-order valence-corrected chi connectivity index (χ0v) is 13.4. The highest BCUT2D eigenvalue weighted by Crippen LogP contribution is 2.28. The number of carbonyl (C=O) groups excluding carboxylic acids is 2. The average Bonchev–Trinajstić information content (AvgIpc) is 2.83. The molecule has 6 heteroatoms. The van der Waals surface area contributed by atoms with Crippen LogP contribution in [-0.4, -0.2) is 43.6 Å². The highest BCUT2D eigenvalue weighted by atomic mass is 16.5. The van der Waals surface area contributed by atoms with Gasteiger partial charge < -0.3 is 9.64 Å². The van der Waals surface area contributed by atoms with Crippen molar-refractivity contribution >= 4 is 17.5 Å². The summed E-state index contributed by atoms with van der Waals surface area (Å²) in [7, 11) is 1.65. The van der Waals surface area contributed by atoms with E-state index in [9.17, 15) is 9.59 Å². The number of anilines is 1. The number of nitrogens with one attached hydrogen (secondary N) is 1. The molecule has 2 rings (SSSR count). The van der Waals surface area contributed by atoms with Gasteiger partial charge in [0, 0.05) is 32.5 Å². The quantitative estimate of drug-likeness (QED) is 0.773. The number of aryl methyl sites for hydroxylation is 1. The average molecular weight is 305 g/mol. The summed E-state index contributed by atoms with van der Waals surface area (Å²) in [5.74, 6) is 0.517. The molecule has 1 aliphatic rings. The van der Waals surface area contributed by atoms with Gasteiger partial charge in [-0.15, -0.1) is 0 Å². The van der Waals surface area contributed by atoms with Crippen molar-refractivity contribution in [3.8, 4) is 5.75 Å². The van der Waals surface area contributed by atoms with Gasteiger partial charge in [0.05, 0.1) is 12.8 Å². The van der Waals surface area contributed by atoms with Crippen molar-refractivity contribution in [2.24, 2.45) is 0 Å². The van der Waals surface area contributed by atoms with Crippen molar-refractivity contribution in [2.75, 3.05) is 31.6 Å². The van der Waals surface area contributed by atoms with Crippen LogP contribution in [0.5, 0.6) is 5.75 Å². The zero-order valence-electron chi connectivity index (χ0n) is 13.4. The third kappa shape index (κ3) is 3.57. The maximum atomic E-state index is 11.6. The molecule has 1 aliphatic heterocycles. The van der Waals surface area contributed by atoms with Gasteiger partial charge in [-0.2, -0.15) is 0 Å². The summed E-state index contributed by atoms with van der Waals surface area (Å²) < 4.78 is 5.42. The fourth-order valence-corrected chi connectivity index (χ4v) is 2.55. The summed E-state index contributed by atoms with van der Waals surface area (Å²) in [6, 6.07) is 6.04. The van der Waals surface area contributed by atoms with Crippen LogP contribution >= 0.6 is 0 Å². The molecule has 0 bridgehead atoms. The monoisotopic (exact) mass is 305 g/mol.